The highest BCUT2D eigenvalue weighted by atomic mass is 19.1. The summed E-state index contributed by atoms with van der Waals surface area (Å²) in [5.74, 6) is -2.43. The summed E-state index contributed by atoms with van der Waals surface area (Å²) in [4.78, 5) is 35.3. The van der Waals surface area contributed by atoms with Gasteiger partial charge in [-0.25, -0.2) is 14.0 Å². The standard InChI is InChI=1S/C16H21FN2O5/c1-9(13(20)18-15(22)19-16(2,3)4)24-14(21)11-7-6-10(23-5)8-12(11)17/h6-9H,1-5H3,(H2,18,19,20,22)/t9-/m0/s1. The molecule has 0 bridgehead atoms. The van der Waals surface area contributed by atoms with E-state index in [1.54, 1.807) is 20.8 Å². The summed E-state index contributed by atoms with van der Waals surface area (Å²) in [6.07, 6.45) is -1.27. The van der Waals surface area contributed by atoms with E-state index in [-0.39, 0.29) is 11.3 Å². The van der Waals surface area contributed by atoms with Crippen LogP contribution in [0.5, 0.6) is 5.75 Å². The topological polar surface area (TPSA) is 93.7 Å². The molecule has 1 atom stereocenters. The molecule has 1 aromatic rings. The number of hydrogen-bond donors (Lipinski definition) is 2. The van der Waals surface area contributed by atoms with E-state index in [2.05, 4.69) is 5.32 Å². The molecule has 0 aliphatic rings. The van der Waals surface area contributed by atoms with Crippen LogP contribution in [0.25, 0.3) is 0 Å². The maximum absolute atomic E-state index is 13.8. The first-order valence-corrected chi connectivity index (χ1v) is 7.21. The van der Waals surface area contributed by atoms with E-state index < -0.39 is 35.4 Å². The van der Waals surface area contributed by atoms with Gasteiger partial charge in [-0.3, -0.25) is 10.1 Å². The molecule has 7 nitrogen and oxygen atoms in total. The Morgan fingerprint density at radius 1 is 1.21 bits per heavy atom. The molecule has 0 heterocycles. The summed E-state index contributed by atoms with van der Waals surface area (Å²) < 4.78 is 23.5. The van der Waals surface area contributed by atoms with E-state index in [0.717, 1.165) is 6.07 Å². The summed E-state index contributed by atoms with van der Waals surface area (Å²) in [7, 11) is 1.36. The molecule has 0 radical (unpaired) electrons. The second kappa shape index (κ2) is 7.76. The first kappa shape index (κ1) is 19.4. The molecular formula is C16H21FN2O5. The lowest BCUT2D eigenvalue weighted by Crippen LogP contribution is -2.50. The average Bonchev–Trinajstić information content (AvgIpc) is 2.44. The lowest BCUT2D eigenvalue weighted by Gasteiger charge is -2.21. The minimum atomic E-state index is -1.27. The molecule has 0 aliphatic carbocycles. The van der Waals surface area contributed by atoms with Gasteiger partial charge in [-0.15, -0.1) is 0 Å². The van der Waals surface area contributed by atoms with Crippen molar-refractivity contribution in [3.8, 4) is 5.75 Å². The minimum Gasteiger partial charge on any atom is -0.497 e. The molecule has 0 aliphatic heterocycles. The number of carbonyl (C=O) groups is 3. The summed E-state index contributed by atoms with van der Waals surface area (Å²) in [5, 5.41) is 4.57. The maximum atomic E-state index is 13.8. The van der Waals surface area contributed by atoms with Crippen LogP contribution >= 0.6 is 0 Å². The number of imide groups is 1. The normalized spacial score (nSPS) is 12.1. The predicted octanol–water partition coefficient (Wildman–Crippen LogP) is 2.00. The Bertz CT molecular complexity index is 640. The number of benzene rings is 1. The van der Waals surface area contributed by atoms with Gasteiger partial charge in [-0.1, -0.05) is 0 Å². The molecule has 0 saturated heterocycles. The van der Waals surface area contributed by atoms with Crippen molar-refractivity contribution in [2.24, 2.45) is 0 Å². The first-order chi connectivity index (χ1) is 11.0. The zero-order valence-electron chi connectivity index (χ0n) is 14.2. The lowest BCUT2D eigenvalue weighted by atomic mass is 10.1. The van der Waals surface area contributed by atoms with Crippen LogP contribution in [0.4, 0.5) is 9.18 Å². The Morgan fingerprint density at radius 2 is 1.83 bits per heavy atom. The van der Waals surface area contributed by atoms with Gasteiger partial charge in [0.15, 0.2) is 6.10 Å². The molecule has 8 heteroatoms. The molecule has 1 rings (SSSR count). The molecule has 132 valence electrons. The highest BCUT2D eigenvalue weighted by Gasteiger charge is 2.24. The highest BCUT2D eigenvalue weighted by Crippen LogP contribution is 2.17. The number of halogens is 1. The third-order valence-electron chi connectivity index (χ3n) is 2.77. The Balaban J connectivity index is 2.66. The van der Waals surface area contributed by atoms with Gasteiger partial charge < -0.3 is 14.8 Å². The Kier molecular flexibility index (Phi) is 6.27. The maximum Gasteiger partial charge on any atom is 0.341 e. The van der Waals surface area contributed by atoms with E-state index in [9.17, 15) is 18.8 Å². The SMILES string of the molecule is COc1ccc(C(=O)O[C@@H](C)C(=O)NC(=O)NC(C)(C)C)c(F)c1. The van der Waals surface area contributed by atoms with Crippen molar-refractivity contribution in [3.05, 3.63) is 29.6 Å². The van der Waals surface area contributed by atoms with Gasteiger partial charge in [0.2, 0.25) is 0 Å². The number of carbonyl (C=O) groups excluding carboxylic acids is 3. The van der Waals surface area contributed by atoms with E-state index >= 15 is 0 Å². The van der Waals surface area contributed by atoms with Crippen molar-refractivity contribution in [1.29, 1.82) is 0 Å². The molecule has 0 aromatic heterocycles. The van der Waals surface area contributed by atoms with Gasteiger partial charge in [0.25, 0.3) is 5.91 Å². The minimum absolute atomic E-state index is 0.244. The van der Waals surface area contributed by atoms with E-state index in [4.69, 9.17) is 9.47 Å². The summed E-state index contributed by atoms with van der Waals surface area (Å²) in [5.41, 5.74) is -0.870. The summed E-state index contributed by atoms with van der Waals surface area (Å²) >= 11 is 0. The number of esters is 1. The Hall–Kier alpha value is -2.64. The molecule has 3 amide bonds. The van der Waals surface area contributed by atoms with Crippen molar-refractivity contribution in [1.82, 2.24) is 10.6 Å². The first-order valence-electron chi connectivity index (χ1n) is 7.21. The number of ether oxygens (including phenoxy) is 2. The second-order valence-electron chi connectivity index (χ2n) is 6.09. The van der Waals surface area contributed by atoms with Crippen LogP contribution in [-0.4, -0.2) is 36.7 Å². The number of rotatable bonds is 4. The summed E-state index contributed by atoms with van der Waals surface area (Å²) in [6, 6.07) is 2.89. The van der Waals surface area contributed by atoms with Crippen molar-refractivity contribution in [3.63, 3.8) is 0 Å². The zero-order chi connectivity index (χ0) is 18.5. The zero-order valence-corrected chi connectivity index (χ0v) is 14.2. The van der Waals surface area contributed by atoms with E-state index in [1.807, 2.05) is 5.32 Å². The Labute approximate surface area is 139 Å². The fourth-order valence-electron chi connectivity index (χ4n) is 1.65. The van der Waals surface area contributed by atoms with Crippen LogP contribution in [0.15, 0.2) is 18.2 Å². The number of hydrogen-bond acceptors (Lipinski definition) is 5. The molecule has 0 saturated carbocycles. The van der Waals surface area contributed by atoms with Crippen LogP contribution in [0.3, 0.4) is 0 Å². The van der Waals surface area contributed by atoms with Gasteiger partial charge in [0, 0.05) is 11.6 Å². The van der Waals surface area contributed by atoms with Crippen molar-refractivity contribution >= 4 is 17.9 Å². The number of amides is 3. The molecule has 0 fully saturated rings. The average molecular weight is 340 g/mol. The van der Waals surface area contributed by atoms with Crippen LogP contribution in [0, 0.1) is 5.82 Å². The second-order valence-corrected chi connectivity index (χ2v) is 6.09. The highest BCUT2D eigenvalue weighted by molar-refractivity contribution is 5.98. The van der Waals surface area contributed by atoms with Crippen LogP contribution < -0.4 is 15.4 Å². The van der Waals surface area contributed by atoms with Gasteiger partial charge in [0.1, 0.15) is 11.6 Å². The van der Waals surface area contributed by atoms with E-state index in [1.165, 1.54) is 26.2 Å². The molecule has 1 aromatic carbocycles. The fourth-order valence-corrected chi connectivity index (χ4v) is 1.65. The molecule has 0 spiro atoms. The van der Waals surface area contributed by atoms with Crippen molar-refractivity contribution in [2.75, 3.05) is 7.11 Å². The van der Waals surface area contributed by atoms with Crippen LogP contribution in [0.1, 0.15) is 38.1 Å². The van der Waals surface area contributed by atoms with Gasteiger partial charge in [0.05, 0.1) is 12.7 Å². The summed E-state index contributed by atoms with van der Waals surface area (Å²) in [6.45, 7) is 6.51. The fraction of sp³-hybridized carbons (Fsp3) is 0.438. The number of methoxy groups -OCH3 is 1. The van der Waals surface area contributed by atoms with Gasteiger partial charge in [-0.05, 0) is 39.8 Å². The number of urea groups is 1. The molecule has 0 unspecified atom stereocenters. The van der Waals surface area contributed by atoms with Crippen molar-refractivity contribution in [2.45, 2.75) is 39.3 Å². The molecule has 2 N–H and O–H groups in total. The van der Waals surface area contributed by atoms with Crippen molar-refractivity contribution < 1.29 is 28.2 Å². The largest absolute Gasteiger partial charge is 0.497 e. The molecule has 24 heavy (non-hydrogen) atoms. The van der Waals surface area contributed by atoms with Gasteiger partial charge >= 0.3 is 12.0 Å². The quantitative estimate of drug-likeness (QED) is 0.818. The Morgan fingerprint density at radius 3 is 2.33 bits per heavy atom. The van der Waals surface area contributed by atoms with Gasteiger partial charge in [-0.2, -0.15) is 0 Å². The number of nitrogens with one attached hydrogen (secondary N) is 2. The molecular weight excluding hydrogens is 319 g/mol. The smallest absolute Gasteiger partial charge is 0.341 e. The lowest BCUT2D eigenvalue weighted by molar-refractivity contribution is -0.127. The monoisotopic (exact) mass is 340 g/mol. The van der Waals surface area contributed by atoms with E-state index in [0.29, 0.717) is 0 Å². The van der Waals surface area contributed by atoms with Crippen LogP contribution in [-0.2, 0) is 9.53 Å². The third kappa shape index (κ3) is 5.86. The van der Waals surface area contributed by atoms with Crippen LogP contribution in [0.2, 0.25) is 0 Å². The third-order valence-corrected chi connectivity index (χ3v) is 2.77. The predicted molar refractivity (Wildman–Crippen MR) is 84.3 cm³/mol.